The number of fused-ring (bicyclic) bond motifs is 3. The first-order valence-electron chi connectivity index (χ1n) is 9.95. The van der Waals surface area contributed by atoms with E-state index in [4.69, 9.17) is 4.74 Å². The molecule has 0 atom stereocenters. The van der Waals surface area contributed by atoms with Crippen molar-refractivity contribution in [1.82, 2.24) is 9.88 Å². The first-order valence-corrected chi connectivity index (χ1v) is 9.95. The van der Waals surface area contributed by atoms with Crippen LogP contribution >= 0.6 is 0 Å². The first-order chi connectivity index (χ1) is 14.9. The third-order valence-electron chi connectivity index (χ3n) is 5.38. The minimum absolute atomic E-state index is 0.119. The SMILES string of the molecule is CCOC(=O)C1=CN(C(=O)c2ccc(C)c([N+](=O)[O-])c2)CCc2c1[nH]c1ccccc21. The number of aryl methyl sites for hydroxylation is 1. The highest BCUT2D eigenvalue weighted by atomic mass is 16.6. The summed E-state index contributed by atoms with van der Waals surface area (Å²) < 4.78 is 5.24. The Morgan fingerprint density at radius 1 is 1.23 bits per heavy atom. The molecular weight excluding hydrogens is 398 g/mol. The fourth-order valence-corrected chi connectivity index (χ4v) is 3.84. The number of carbonyl (C=O) groups excluding carboxylic acids is 2. The maximum absolute atomic E-state index is 13.2. The number of nitro groups is 1. The molecule has 1 amide bonds. The van der Waals surface area contributed by atoms with Crippen LogP contribution in [-0.2, 0) is 16.0 Å². The zero-order valence-corrected chi connectivity index (χ0v) is 17.2. The normalized spacial score (nSPS) is 13.4. The van der Waals surface area contributed by atoms with E-state index < -0.39 is 16.8 Å². The average Bonchev–Trinajstić information content (AvgIpc) is 3.01. The Hall–Kier alpha value is -3.94. The highest BCUT2D eigenvalue weighted by Crippen LogP contribution is 2.32. The van der Waals surface area contributed by atoms with Crippen LogP contribution in [0.2, 0.25) is 0 Å². The van der Waals surface area contributed by atoms with Crippen LogP contribution in [0.5, 0.6) is 0 Å². The number of H-pyrrole nitrogens is 1. The first kappa shape index (κ1) is 20.3. The predicted molar refractivity (Wildman–Crippen MR) is 115 cm³/mol. The maximum atomic E-state index is 13.2. The number of hydrogen-bond donors (Lipinski definition) is 1. The summed E-state index contributed by atoms with van der Waals surface area (Å²) in [7, 11) is 0. The molecule has 1 aliphatic rings. The number of aromatic amines is 1. The third kappa shape index (κ3) is 3.68. The van der Waals surface area contributed by atoms with E-state index in [9.17, 15) is 19.7 Å². The van der Waals surface area contributed by atoms with E-state index in [2.05, 4.69) is 4.98 Å². The molecule has 1 N–H and O–H groups in total. The molecule has 8 heteroatoms. The number of carbonyl (C=O) groups is 2. The van der Waals surface area contributed by atoms with Gasteiger partial charge in [-0.3, -0.25) is 14.9 Å². The average molecular weight is 419 g/mol. The number of ether oxygens (including phenoxy) is 1. The van der Waals surface area contributed by atoms with Crippen molar-refractivity contribution in [2.24, 2.45) is 0 Å². The van der Waals surface area contributed by atoms with Crippen molar-refractivity contribution in [3.8, 4) is 0 Å². The van der Waals surface area contributed by atoms with Crippen LogP contribution in [0, 0.1) is 17.0 Å². The van der Waals surface area contributed by atoms with E-state index in [1.54, 1.807) is 26.0 Å². The molecule has 0 saturated heterocycles. The van der Waals surface area contributed by atoms with Crippen molar-refractivity contribution in [3.63, 3.8) is 0 Å². The fraction of sp³-hybridized carbons (Fsp3) is 0.217. The van der Waals surface area contributed by atoms with Gasteiger partial charge in [0.1, 0.15) is 0 Å². The Morgan fingerprint density at radius 3 is 2.74 bits per heavy atom. The zero-order valence-electron chi connectivity index (χ0n) is 17.2. The molecule has 1 aliphatic heterocycles. The summed E-state index contributed by atoms with van der Waals surface area (Å²) in [6.07, 6.45) is 1.99. The molecule has 158 valence electrons. The monoisotopic (exact) mass is 419 g/mol. The van der Waals surface area contributed by atoms with E-state index in [1.807, 2.05) is 24.3 Å². The largest absolute Gasteiger partial charge is 0.462 e. The molecular formula is C23H21N3O5. The quantitative estimate of drug-likeness (QED) is 0.391. The summed E-state index contributed by atoms with van der Waals surface area (Å²) >= 11 is 0. The van der Waals surface area contributed by atoms with Gasteiger partial charge in [-0.2, -0.15) is 0 Å². The van der Waals surface area contributed by atoms with Gasteiger partial charge in [0, 0.05) is 40.8 Å². The molecule has 4 rings (SSSR count). The number of para-hydroxylation sites is 1. The summed E-state index contributed by atoms with van der Waals surface area (Å²) in [6, 6.07) is 12.1. The van der Waals surface area contributed by atoms with Crippen LogP contribution in [0.4, 0.5) is 5.69 Å². The van der Waals surface area contributed by atoms with E-state index in [0.717, 1.165) is 16.5 Å². The van der Waals surface area contributed by atoms with Crippen molar-refractivity contribution >= 4 is 34.0 Å². The van der Waals surface area contributed by atoms with Gasteiger partial charge in [0.25, 0.3) is 11.6 Å². The predicted octanol–water partition coefficient (Wildman–Crippen LogP) is 3.99. The number of esters is 1. The molecule has 2 heterocycles. The Bertz CT molecular complexity index is 1240. The van der Waals surface area contributed by atoms with Crippen LogP contribution in [0.15, 0.2) is 48.7 Å². The van der Waals surface area contributed by atoms with Gasteiger partial charge in [-0.05, 0) is 38.0 Å². The zero-order chi connectivity index (χ0) is 22.1. The molecule has 0 radical (unpaired) electrons. The lowest BCUT2D eigenvalue weighted by Crippen LogP contribution is -2.28. The van der Waals surface area contributed by atoms with Gasteiger partial charge in [0.15, 0.2) is 0 Å². The standard InChI is InChI=1S/C23H21N3O5/c1-3-31-23(28)18-13-25(22(27)15-9-8-14(2)20(12-15)26(29)30)11-10-17-16-6-4-5-7-19(16)24-21(17)18/h4-9,12-13,24H,3,10-11H2,1-2H3. The van der Waals surface area contributed by atoms with E-state index in [1.165, 1.54) is 17.2 Å². The lowest BCUT2D eigenvalue weighted by molar-refractivity contribution is -0.385. The van der Waals surface area contributed by atoms with Gasteiger partial charge in [0.2, 0.25) is 0 Å². The molecule has 0 aliphatic carbocycles. The number of aromatic nitrogens is 1. The molecule has 0 bridgehead atoms. The van der Waals surface area contributed by atoms with E-state index in [0.29, 0.717) is 24.2 Å². The summed E-state index contributed by atoms with van der Waals surface area (Å²) in [4.78, 5) is 41.4. The molecule has 0 unspecified atom stereocenters. The van der Waals surface area contributed by atoms with Gasteiger partial charge >= 0.3 is 5.97 Å². The smallest absolute Gasteiger partial charge is 0.341 e. The summed E-state index contributed by atoms with van der Waals surface area (Å²) in [6.45, 7) is 3.85. The van der Waals surface area contributed by atoms with Gasteiger partial charge in [-0.25, -0.2) is 4.79 Å². The van der Waals surface area contributed by atoms with Crippen LogP contribution in [0.25, 0.3) is 16.5 Å². The molecule has 0 saturated carbocycles. The molecule has 8 nitrogen and oxygen atoms in total. The topological polar surface area (TPSA) is 106 Å². The molecule has 2 aromatic carbocycles. The number of nitro benzene ring substituents is 1. The van der Waals surface area contributed by atoms with E-state index in [-0.39, 0.29) is 23.4 Å². The Kier molecular flexibility index (Phi) is 5.29. The minimum Gasteiger partial charge on any atom is -0.462 e. The molecule has 0 spiro atoms. The Balaban J connectivity index is 1.78. The van der Waals surface area contributed by atoms with Crippen molar-refractivity contribution in [2.45, 2.75) is 20.3 Å². The second-order valence-electron chi connectivity index (χ2n) is 7.29. The minimum atomic E-state index is -0.537. The Labute approximate surface area is 178 Å². The highest BCUT2D eigenvalue weighted by molar-refractivity contribution is 6.18. The van der Waals surface area contributed by atoms with E-state index >= 15 is 0 Å². The number of nitrogens with zero attached hydrogens (tertiary/aromatic N) is 2. The van der Waals surface area contributed by atoms with Crippen molar-refractivity contribution in [1.29, 1.82) is 0 Å². The maximum Gasteiger partial charge on any atom is 0.341 e. The second kappa shape index (κ2) is 8.06. The molecule has 31 heavy (non-hydrogen) atoms. The van der Waals surface area contributed by atoms with Crippen LogP contribution in [0.3, 0.4) is 0 Å². The van der Waals surface area contributed by atoms with Crippen molar-refractivity contribution in [3.05, 3.63) is 81.2 Å². The number of nitrogens with one attached hydrogen (secondary N) is 1. The van der Waals surface area contributed by atoms with Gasteiger partial charge in [-0.15, -0.1) is 0 Å². The lowest BCUT2D eigenvalue weighted by atomic mass is 10.0. The van der Waals surface area contributed by atoms with Gasteiger partial charge in [0.05, 0.1) is 22.8 Å². The number of hydrogen-bond acceptors (Lipinski definition) is 5. The van der Waals surface area contributed by atoms with Crippen LogP contribution < -0.4 is 0 Å². The summed E-state index contributed by atoms with van der Waals surface area (Å²) in [5.74, 6) is -0.954. The molecule has 0 fully saturated rings. The number of benzene rings is 2. The second-order valence-corrected chi connectivity index (χ2v) is 7.29. The summed E-state index contributed by atoms with van der Waals surface area (Å²) in [5, 5.41) is 12.3. The number of amides is 1. The van der Waals surface area contributed by atoms with Crippen LogP contribution in [-0.4, -0.2) is 39.8 Å². The Morgan fingerprint density at radius 2 is 2.00 bits per heavy atom. The van der Waals surface area contributed by atoms with Crippen molar-refractivity contribution < 1.29 is 19.2 Å². The van der Waals surface area contributed by atoms with Crippen molar-refractivity contribution in [2.75, 3.05) is 13.2 Å². The van der Waals surface area contributed by atoms with Gasteiger partial charge in [-0.1, -0.05) is 24.3 Å². The van der Waals surface area contributed by atoms with Crippen LogP contribution in [0.1, 0.15) is 34.1 Å². The summed E-state index contributed by atoms with van der Waals surface area (Å²) in [5.41, 5.74) is 3.25. The molecule has 3 aromatic rings. The number of rotatable bonds is 4. The molecule has 1 aromatic heterocycles. The van der Waals surface area contributed by atoms with Gasteiger partial charge < -0.3 is 14.6 Å². The highest BCUT2D eigenvalue weighted by Gasteiger charge is 2.28. The lowest BCUT2D eigenvalue weighted by Gasteiger charge is -2.18. The third-order valence-corrected chi connectivity index (χ3v) is 5.38. The fourth-order valence-electron chi connectivity index (χ4n) is 3.84.